The SMILES string of the molecule is CC(C)(C)CC1CCN(CCOC2CCS(=O)(=O)CC2)C1(C)C. The highest BCUT2D eigenvalue weighted by molar-refractivity contribution is 7.91. The number of rotatable bonds is 5. The zero-order valence-electron chi connectivity index (χ0n) is 15.6. The first-order chi connectivity index (χ1) is 10.5. The minimum atomic E-state index is -2.79. The maximum absolute atomic E-state index is 11.5. The van der Waals surface area contributed by atoms with Crippen molar-refractivity contribution in [3.05, 3.63) is 0 Å². The third kappa shape index (κ3) is 5.43. The second-order valence-corrected chi connectivity index (χ2v) is 11.4. The highest BCUT2D eigenvalue weighted by Gasteiger charge is 2.42. The number of likely N-dealkylation sites (tertiary alicyclic amines) is 1. The Labute approximate surface area is 142 Å². The van der Waals surface area contributed by atoms with E-state index in [-0.39, 0.29) is 11.6 Å². The molecular weight excluding hydrogens is 310 g/mol. The summed E-state index contributed by atoms with van der Waals surface area (Å²) in [6.45, 7) is 14.5. The summed E-state index contributed by atoms with van der Waals surface area (Å²) >= 11 is 0. The van der Waals surface area contributed by atoms with Crippen LogP contribution in [0.4, 0.5) is 0 Å². The number of hydrogen-bond acceptors (Lipinski definition) is 4. The van der Waals surface area contributed by atoms with E-state index >= 15 is 0 Å². The molecule has 1 unspecified atom stereocenters. The van der Waals surface area contributed by atoms with Crippen molar-refractivity contribution in [1.29, 1.82) is 0 Å². The van der Waals surface area contributed by atoms with Gasteiger partial charge in [0, 0.05) is 12.1 Å². The van der Waals surface area contributed by atoms with E-state index in [9.17, 15) is 8.42 Å². The van der Waals surface area contributed by atoms with Gasteiger partial charge in [-0.2, -0.15) is 0 Å². The number of sulfone groups is 1. The van der Waals surface area contributed by atoms with Gasteiger partial charge in [-0.1, -0.05) is 20.8 Å². The molecule has 0 aliphatic carbocycles. The van der Waals surface area contributed by atoms with Crippen molar-refractivity contribution in [2.75, 3.05) is 31.2 Å². The Bertz CT molecular complexity index is 479. The van der Waals surface area contributed by atoms with Gasteiger partial charge in [-0.15, -0.1) is 0 Å². The van der Waals surface area contributed by atoms with Gasteiger partial charge < -0.3 is 4.74 Å². The molecule has 23 heavy (non-hydrogen) atoms. The fourth-order valence-electron chi connectivity index (χ4n) is 4.07. The Balaban J connectivity index is 1.76. The predicted molar refractivity (Wildman–Crippen MR) is 95.5 cm³/mol. The quantitative estimate of drug-likeness (QED) is 0.768. The van der Waals surface area contributed by atoms with Crippen LogP contribution < -0.4 is 0 Å². The molecule has 2 aliphatic rings. The average molecular weight is 346 g/mol. The molecule has 0 amide bonds. The predicted octanol–water partition coefficient (Wildman–Crippen LogP) is 3.12. The van der Waals surface area contributed by atoms with E-state index in [2.05, 4.69) is 39.5 Å². The molecule has 0 aromatic rings. The Hall–Kier alpha value is -0.130. The maximum atomic E-state index is 11.5. The van der Waals surface area contributed by atoms with Gasteiger partial charge in [0.05, 0.1) is 24.2 Å². The lowest BCUT2D eigenvalue weighted by atomic mass is 9.76. The molecule has 0 radical (unpaired) electrons. The van der Waals surface area contributed by atoms with Crippen LogP contribution in [-0.4, -0.2) is 56.2 Å². The van der Waals surface area contributed by atoms with Gasteiger partial charge in [-0.25, -0.2) is 8.42 Å². The first kappa shape index (κ1) is 19.2. The smallest absolute Gasteiger partial charge is 0.150 e. The van der Waals surface area contributed by atoms with Crippen LogP contribution in [0, 0.1) is 11.3 Å². The molecule has 2 saturated heterocycles. The van der Waals surface area contributed by atoms with Crippen LogP contribution >= 0.6 is 0 Å². The summed E-state index contributed by atoms with van der Waals surface area (Å²) in [5, 5.41) is 0. The molecule has 0 bridgehead atoms. The lowest BCUT2D eigenvalue weighted by molar-refractivity contribution is 0.0155. The molecule has 0 N–H and O–H groups in total. The Morgan fingerprint density at radius 1 is 1.13 bits per heavy atom. The van der Waals surface area contributed by atoms with E-state index in [1.54, 1.807) is 0 Å². The Morgan fingerprint density at radius 3 is 2.30 bits per heavy atom. The van der Waals surface area contributed by atoms with Crippen LogP contribution in [0.15, 0.2) is 0 Å². The normalized spacial score (nSPS) is 29.0. The standard InChI is InChI=1S/C18H35NO3S/c1-17(2,3)14-15-6-9-19(18(15,4)5)10-11-22-16-7-12-23(20,21)13-8-16/h15-16H,6-14H2,1-5H3. The molecular formula is C18H35NO3S. The second-order valence-electron chi connectivity index (χ2n) is 9.11. The minimum absolute atomic E-state index is 0.134. The summed E-state index contributed by atoms with van der Waals surface area (Å²) in [5.41, 5.74) is 0.606. The number of ether oxygens (including phenoxy) is 1. The van der Waals surface area contributed by atoms with E-state index in [1.165, 1.54) is 12.8 Å². The first-order valence-corrected chi connectivity index (χ1v) is 10.9. The fraction of sp³-hybridized carbons (Fsp3) is 1.00. The topological polar surface area (TPSA) is 46.6 Å². The summed E-state index contributed by atoms with van der Waals surface area (Å²) in [7, 11) is -2.79. The highest BCUT2D eigenvalue weighted by atomic mass is 32.2. The van der Waals surface area contributed by atoms with Crippen LogP contribution in [0.5, 0.6) is 0 Å². The molecule has 2 aliphatic heterocycles. The molecule has 0 aromatic heterocycles. The third-order valence-electron chi connectivity index (χ3n) is 5.64. The summed E-state index contributed by atoms with van der Waals surface area (Å²) < 4.78 is 28.9. The summed E-state index contributed by atoms with van der Waals surface area (Å²) in [5.74, 6) is 1.32. The van der Waals surface area contributed by atoms with E-state index < -0.39 is 9.84 Å². The van der Waals surface area contributed by atoms with Crippen molar-refractivity contribution in [2.45, 2.75) is 71.9 Å². The van der Waals surface area contributed by atoms with Crippen molar-refractivity contribution >= 4 is 9.84 Å². The Morgan fingerprint density at radius 2 is 1.74 bits per heavy atom. The minimum Gasteiger partial charge on any atom is -0.377 e. The molecule has 0 spiro atoms. The zero-order valence-corrected chi connectivity index (χ0v) is 16.4. The molecule has 0 aromatic carbocycles. The third-order valence-corrected chi connectivity index (χ3v) is 7.35. The average Bonchev–Trinajstić information content (AvgIpc) is 2.66. The molecule has 4 nitrogen and oxygen atoms in total. The molecule has 2 fully saturated rings. The monoisotopic (exact) mass is 345 g/mol. The van der Waals surface area contributed by atoms with E-state index in [0.717, 1.165) is 25.6 Å². The first-order valence-electron chi connectivity index (χ1n) is 9.07. The summed E-state index contributed by atoms with van der Waals surface area (Å²) in [4.78, 5) is 2.56. The van der Waals surface area contributed by atoms with Gasteiger partial charge in [0.25, 0.3) is 0 Å². The van der Waals surface area contributed by atoms with Crippen LogP contribution in [0.1, 0.15) is 60.3 Å². The number of nitrogens with zero attached hydrogens (tertiary/aromatic N) is 1. The van der Waals surface area contributed by atoms with Crippen LogP contribution in [0.25, 0.3) is 0 Å². The van der Waals surface area contributed by atoms with Gasteiger partial charge in [0.2, 0.25) is 0 Å². The number of hydrogen-bond donors (Lipinski definition) is 0. The van der Waals surface area contributed by atoms with Crippen LogP contribution in [0.2, 0.25) is 0 Å². The van der Waals surface area contributed by atoms with Crippen molar-refractivity contribution < 1.29 is 13.2 Å². The van der Waals surface area contributed by atoms with Crippen molar-refractivity contribution in [3.8, 4) is 0 Å². The van der Waals surface area contributed by atoms with Crippen molar-refractivity contribution in [3.63, 3.8) is 0 Å². The Kier molecular flexibility index (Phi) is 5.85. The lowest BCUT2D eigenvalue weighted by Gasteiger charge is -2.38. The molecule has 2 rings (SSSR count). The van der Waals surface area contributed by atoms with E-state index in [0.29, 0.717) is 29.8 Å². The van der Waals surface area contributed by atoms with Crippen LogP contribution in [-0.2, 0) is 14.6 Å². The van der Waals surface area contributed by atoms with Gasteiger partial charge in [0.15, 0.2) is 9.84 Å². The van der Waals surface area contributed by atoms with Gasteiger partial charge in [-0.05, 0) is 57.4 Å². The van der Waals surface area contributed by atoms with Crippen LogP contribution in [0.3, 0.4) is 0 Å². The van der Waals surface area contributed by atoms with E-state index in [4.69, 9.17) is 4.74 Å². The molecule has 0 saturated carbocycles. The van der Waals surface area contributed by atoms with E-state index in [1.807, 2.05) is 0 Å². The van der Waals surface area contributed by atoms with Crippen molar-refractivity contribution in [2.24, 2.45) is 11.3 Å². The maximum Gasteiger partial charge on any atom is 0.150 e. The second kappa shape index (κ2) is 7.01. The van der Waals surface area contributed by atoms with Crippen molar-refractivity contribution in [1.82, 2.24) is 4.90 Å². The summed E-state index contributed by atoms with van der Waals surface area (Å²) in [6, 6.07) is 0. The summed E-state index contributed by atoms with van der Waals surface area (Å²) in [6.07, 6.45) is 4.00. The zero-order chi connectivity index (χ0) is 17.3. The molecule has 1 atom stereocenters. The molecule has 2 heterocycles. The van der Waals surface area contributed by atoms with Gasteiger partial charge in [0.1, 0.15) is 0 Å². The fourth-order valence-corrected chi connectivity index (χ4v) is 5.52. The molecule has 136 valence electrons. The largest absolute Gasteiger partial charge is 0.377 e. The molecule has 5 heteroatoms. The van der Waals surface area contributed by atoms with Gasteiger partial charge in [-0.3, -0.25) is 4.90 Å². The van der Waals surface area contributed by atoms with Gasteiger partial charge >= 0.3 is 0 Å². The lowest BCUT2D eigenvalue weighted by Crippen LogP contribution is -2.45. The highest BCUT2D eigenvalue weighted by Crippen LogP contribution is 2.41.